The molecule has 0 radical (unpaired) electrons. The summed E-state index contributed by atoms with van der Waals surface area (Å²) < 4.78 is 26.4. The number of sulfonamides is 1. The topological polar surface area (TPSA) is 86.7 Å². The lowest BCUT2D eigenvalue weighted by molar-refractivity contribution is -0.134. The highest BCUT2D eigenvalue weighted by Crippen LogP contribution is 2.38. The van der Waals surface area contributed by atoms with Gasteiger partial charge in [0.05, 0.1) is 4.90 Å². The molecule has 0 spiro atoms. The summed E-state index contributed by atoms with van der Waals surface area (Å²) in [6.45, 7) is 3.81. The van der Waals surface area contributed by atoms with Gasteiger partial charge in [-0.25, -0.2) is 13.9 Å². The molecule has 0 aromatic heterocycles. The standard InChI is InChI=1S/C14H19BrN2O4S2/c1-14(2)12(13(18)16-19)17(7-8-22-14)23(20,21)11-5-3-10(9-15)4-6-11/h3-6,12,19H,7-9H2,1-2H3,(H,16,18). The number of halogens is 1. The van der Waals surface area contributed by atoms with Gasteiger partial charge >= 0.3 is 0 Å². The maximum Gasteiger partial charge on any atom is 0.263 e. The molecule has 1 atom stereocenters. The van der Waals surface area contributed by atoms with Crippen molar-refractivity contribution < 1.29 is 18.4 Å². The maximum absolute atomic E-state index is 12.9. The van der Waals surface area contributed by atoms with Crippen molar-refractivity contribution in [3.8, 4) is 0 Å². The lowest BCUT2D eigenvalue weighted by Crippen LogP contribution is -2.61. The fraction of sp³-hybridized carbons (Fsp3) is 0.500. The van der Waals surface area contributed by atoms with Crippen molar-refractivity contribution in [2.45, 2.75) is 34.9 Å². The average Bonchev–Trinajstić information content (AvgIpc) is 2.53. The zero-order chi connectivity index (χ0) is 17.3. The molecular formula is C14H19BrN2O4S2. The predicted octanol–water partition coefficient (Wildman–Crippen LogP) is 1.97. The fourth-order valence-corrected chi connectivity index (χ4v) is 6.09. The first-order valence-corrected chi connectivity index (χ1v) is 10.5. The van der Waals surface area contributed by atoms with E-state index in [1.807, 2.05) is 0 Å². The van der Waals surface area contributed by atoms with Crippen molar-refractivity contribution in [1.82, 2.24) is 9.79 Å². The van der Waals surface area contributed by atoms with Crippen LogP contribution in [0.3, 0.4) is 0 Å². The molecule has 1 aromatic carbocycles. The molecule has 6 nitrogen and oxygen atoms in total. The molecule has 1 saturated heterocycles. The molecule has 0 aliphatic carbocycles. The number of nitrogens with zero attached hydrogens (tertiary/aromatic N) is 1. The minimum Gasteiger partial charge on any atom is -0.289 e. The molecule has 0 saturated carbocycles. The van der Waals surface area contributed by atoms with Gasteiger partial charge < -0.3 is 0 Å². The van der Waals surface area contributed by atoms with Gasteiger partial charge in [-0.15, -0.1) is 0 Å². The quantitative estimate of drug-likeness (QED) is 0.439. The van der Waals surface area contributed by atoms with E-state index in [9.17, 15) is 13.2 Å². The summed E-state index contributed by atoms with van der Waals surface area (Å²) in [7, 11) is -3.83. The number of hydrogen-bond acceptors (Lipinski definition) is 5. The number of alkyl halides is 1. The summed E-state index contributed by atoms with van der Waals surface area (Å²) >= 11 is 4.83. The Hall–Kier alpha value is -0.610. The van der Waals surface area contributed by atoms with E-state index in [0.29, 0.717) is 11.1 Å². The molecule has 2 N–H and O–H groups in total. The first kappa shape index (κ1) is 18.7. The first-order chi connectivity index (χ1) is 10.7. The Morgan fingerprint density at radius 1 is 1.43 bits per heavy atom. The summed E-state index contributed by atoms with van der Waals surface area (Å²) in [5.41, 5.74) is 2.56. The zero-order valence-electron chi connectivity index (χ0n) is 12.8. The predicted molar refractivity (Wildman–Crippen MR) is 93.2 cm³/mol. The van der Waals surface area contributed by atoms with Crippen molar-refractivity contribution in [3.63, 3.8) is 0 Å². The van der Waals surface area contributed by atoms with Gasteiger partial charge in [0.1, 0.15) is 6.04 Å². The van der Waals surface area contributed by atoms with E-state index in [0.717, 1.165) is 5.56 Å². The number of hydrogen-bond donors (Lipinski definition) is 2. The van der Waals surface area contributed by atoms with Gasteiger partial charge in [0, 0.05) is 22.4 Å². The van der Waals surface area contributed by atoms with E-state index in [1.165, 1.54) is 28.2 Å². The smallest absolute Gasteiger partial charge is 0.263 e. The van der Waals surface area contributed by atoms with Crippen LogP contribution in [0.5, 0.6) is 0 Å². The van der Waals surface area contributed by atoms with Gasteiger partial charge in [0.2, 0.25) is 10.0 Å². The summed E-state index contributed by atoms with van der Waals surface area (Å²) in [4.78, 5) is 12.2. The van der Waals surface area contributed by atoms with Crippen molar-refractivity contribution in [2.24, 2.45) is 0 Å². The second-order valence-electron chi connectivity index (χ2n) is 5.72. The summed E-state index contributed by atoms with van der Waals surface area (Å²) in [5.74, 6) is -0.135. The Morgan fingerprint density at radius 3 is 2.57 bits per heavy atom. The summed E-state index contributed by atoms with van der Waals surface area (Å²) in [6, 6.07) is 5.55. The van der Waals surface area contributed by atoms with E-state index >= 15 is 0 Å². The molecule has 2 rings (SSSR count). The third kappa shape index (κ3) is 3.74. The van der Waals surface area contributed by atoms with Crippen LogP contribution in [-0.4, -0.2) is 46.9 Å². The highest BCUT2D eigenvalue weighted by Gasteiger charge is 2.48. The van der Waals surface area contributed by atoms with Gasteiger partial charge in [-0.2, -0.15) is 16.1 Å². The number of thioether (sulfide) groups is 1. The number of benzene rings is 1. The minimum absolute atomic E-state index is 0.139. The van der Waals surface area contributed by atoms with Crippen LogP contribution in [0.25, 0.3) is 0 Å². The SMILES string of the molecule is CC1(C)SCCN(S(=O)(=O)c2ccc(CBr)cc2)C1C(=O)NO. The Kier molecular flexibility index (Phi) is 5.78. The lowest BCUT2D eigenvalue weighted by Gasteiger charge is -2.43. The molecule has 1 amide bonds. The van der Waals surface area contributed by atoms with Crippen LogP contribution in [0.2, 0.25) is 0 Å². The number of rotatable bonds is 4. The Labute approximate surface area is 148 Å². The van der Waals surface area contributed by atoms with Crippen molar-refractivity contribution >= 4 is 43.6 Å². The van der Waals surface area contributed by atoms with Gasteiger partial charge in [0.25, 0.3) is 5.91 Å². The van der Waals surface area contributed by atoms with Crippen molar-refractivity contribution in [2.75, 3.05) is 12.3 Å². The Bertz CT molecular complexity index is 677. The molecule has 1 fully saturated rings. The van der Waals surface area contributed by atoms with Crippen LogP contribution in [0.15, 0.2) is 29.2 Å². The molecule has 0 bridgehead atoms. The minimum atomic E-state index is -3.83. The molecular weight excluding hydrogens is 404 g/mol. The molecule has 1 heterocycles. The van der Waals surface area contributed by atoms with Crippen molar-refractivity contribution in [1.29, 1.82) is 0 Å². The lowest BCUT2D eigenvalue weighted by atomic mass is 10.0. The third-order valence-corrected chi connectivity index (χ3v) is 7.66. The zero-order valence-corrected chi connectivity index (χ0v) is 16.0. The number of hydroxylamine groups is 1. The summed E-state index contributed by atoms with van der Waals surface area (Å²) in [6.07, 6.45) is 0. The van der Waals surface area contributed by atoms with Gasteiger partial charge in [0.15, 0.2) is 0 Å². The van der Waals surface area contributed by atoms with Crippen LogP contribution < -0.4 is 5.48 Å². The van der Waals surface area contributed by atoms with Gasteiger partial charge in [-0.1, -0.05) is 28.1 Å². The second-order valence-corrected chi connectivity index (χ2v) is 9.92. The normalized spacial score (nSPS) is 21.8. The molecule has 1 aliphatic heterocycles. The maximum atomic E-state index is 12.9. The highest BCUT2D eigenvalue weighted by atomic mass is 79.9. The highest BCUT2D eigenvalue weighted by molar-refractivity contribution is 9.08. The summed E-state index contributed by atoms with van der Waals surface area (Å²) in [5, 5.41) is 9.64. The number of amides is 1. The van der Waals surface area contributed by atoms with Crippen LogP contribution in [0.4, 0.5) is 0 Å². The van der Waals surface area contributed by atoms with Crippen LogP contribution >= 0.6 is 27.7 Å². The van der Waals surface area contributed by atoms with Crippen molar-refractivity contribution in [3.05, 3.63) is 29.8 Å². The van der Waals surface area contributed by atoms with Crippen LogP contribution in [0.1, 0.15) is 19.4 Å². The molecule has 1 aromatic rings. The van der Waals surface area contributed by atoms with Gasteiger partial charge in [-0.3, -0.25) is 10.0 Å². The fourth-order valence-electron chi connectivity index (χ4n) is 2.61. The molecule has 1 unspecified atom stereocenters. The number of carbonyl (C=O) groups excluding carboxylic acids is 1. The Balaban J connectivity index is 2.44. The van der Waals surface area contributed by atoms with E-state index in [-0.39, 0.29) is 11.4 Å². The number of carbonyl (C=O) groups is 1. The second kappa shape index (κ2) is 7.10. The van der Waals surface area contributed by atoms with E-state index in [4.69, 9.17) is 5.21 Å². The van der Waals surface area contributed by atoms with Crippen LogP contribution in [-0.2, 0) is 20.1 Å². The Morgan fingerprint density at radius 2 is 2.04 bits per heavy atom. The van der Waals surface area contributed by atoms with E-state index in [2.05, 4.69) is 15.9 Å². The van der Waals surface area contributed by atoms with Crippen LogP contribution in [0, 0.1) is 0 Å². The van der Waals surface area contributed by atoms with E-state index in [1.54, 1.807) is 31.5 Å². The average molecular weight is 423 g/mol. The molecule has 1 aliphatic rings. The molecule has 9 heteroatoms. The molecule has 23 heavy (non-hydrogen) atoms. The largest absolute Gasteiger partial charge is 0.289 e. The van der Waals surface area contributed by atoms with Gasteiger partial charge in [-0.05, 0) is 31.5 Å². The number of nitrogens with one attached hydrogen (secondary N) is 1. The third-order valence-electron chi connectivity index (χ3n) is 3.78. The monoisotopic (exact) mass is 422 g/mol. The van der Waals surface area contributed by atoms with E-state index < -0.39 is 26.7 Å². The molecule has 128 valence electrons. The first-order valence-electron chi connectivity index (χ1n) is 6.98.